The molecule has 2 aliphatic carbocycles. The second-order valence-corrected chi connectivity index (χ2v) is 12.9. The maximum Gasteiger partial charge on any atom is 0.136 e. The van der Waals surface area contributed by atoms with E-state index in [0.717, 1.165) is 63.0 Å². The maximum absolute atomic E-state index is 6.34. The lowest BCUT2D eigenvalue weighted by Crippen LogP contribution is -2.12. The van der Waals surface area contributed by atoms with Crippen molar-refractivity contribution in [2.24, 2.45) is 11.8 Å². The van der Waals surface area contributed by atoms with Gasteiger partial charge >= 0.3 is 0 Å². The summed E-state index contributed by atoms with van der Waals surface area (Å²) in [5.41, 5.74) is 10.1. The summed E-state index contributed by atoms with van der Waals surface area (Å²) in [6, 6.07) is 47.9. The molecule has 7 aromatic rings. The third kappa shape index (κ3) is 5.16. The predicted molar refractivity (Wildman–Crippen MR) is 203 cm³/mol. The normalized spacial score (nSPS) is 17.3. The van der Waals surface area contributed by atoms with Gasteiger partial charge in [0.15, 0.2) is 0 Å². The van der Waals surface area contributed by atoms with Crippen molar-refractivity contribution in [3.63, 3.8) is 0 Å². The van der Waals surface area contributed by atoms with E-state index >= 15 is 0 Å². The molecule has 0 aliphatic heterocycles. The van der Waals surface area contributed by atoms with Gasteiger partial charge in [0.1, 0.15) is 11.2 Å². The van der Waals surface area contributed by atoms with Crippen LogP contribution in [0.2, 0.25) is 0 Å². The Labute approximate surface area is 281 Å². The SMILES string of the molecule is C1=CCC(C2C=CC(c3ccc(N(c4ccccc4)c4ccccc4-c4ccc5oc6cc7ccccc7cc6c5c4)cc3)=CC2)C=C1. The summed E-state index contributed by atoms with van der Waals surface area (Å²) >= 11 is 0. The van der Waals surface area contributed by atoms with Crippen LogP contribution in [0.5, 0.6) is 0 Å². The van der Waals surface area contributed by atoms with E-state index in [1.165, 1.54) is 21.9 Å². The summed E-state index contributed by atoms with van der Waals surface area (Å²) in [6.07, 6.45) is 18.3. The third-order valence-electron chi connectivity index (χ3n) is 9.96. The van der Waals surface area contributed by atoms with Gasteiger partial charge in [0, 0.05) is 27.7 Å². The van der Waals surface area contributed by atoms with Crippen LogP contribution in [0.4, 0.5) is 17.1 Å². The fourth-order valence-corrected chi connectivity index (χ4v) is 7.44. The van der Waals surface area contributed by atoms with E-state index in [-0.39, 0.29) is 0 Å². The van der Waals surface area contributed by atoms with Crippen LogP contribution in [0.25, 0.3) is 49.4 Å². The van der Waals surface area contributed by atoms with E-state index in [1.54, 1.807) is 0 Å². The van der Waals surface area contributed by atoms with Crippen LogP contribution < -0.4 is 4.90 Å². The first kappa shape index (κ1) is 28.4. The van der Waals surface area contributed by atoms with Gasteiger partial charge in [-0.3, -0.25) is 0 Å². The molecule has 2 nitrogen and oxygen atoms in total. The Morgan fingerprint density at radius 1 is 0.542 bits per heavy atom. The van der Waals surface area contributed by atoms with Gasteiger partial charge in [0.2, 0.25) is 0 Å². The van der Waals surface area contributed by atoms with Crippen molar-refractivity contribution >= 4 is 55.3 Å². The van der Waals surface area contributed by atoms with Crippen LogP contribution in [0.1, 0.15) is 18.4 Å². The number of fused-ring (bicyclic) bond motifs is 4. The molecule has 1 heterocycles. The third-order valence-corrected chi connectivity index (χ3v) is 9.96. The van der Waals surface area contributed by atoms with Crippen LogP contribution in [0.3, 0.4) is 0 Å². The number of hydrogen-bond acceptors (Lipinski definition) is 2. The van der Waals surface area contributed by atoms with Gasteiger partial charge in [0.05, 0.1) is 5.69 Å². The van der Waals surface area contributed by atoms with Crippen molar-refractivity contribution in [3.05, 3.63) is 182 Å². The number of allylic oxidation sites excluding steroid dienone is 8. The van der Waals surface area contributed by atoms with E-state index in [1.807, 2.05) is 0 Å². The number of anilines is 3. The highest BCUT2D eigenvalue weighted by Crippen LogP contribution is 2.43. The van der Waals surface area contributed by atoms with Gasteiger partial charge in [-0.2, -0.15) is 0 Å². The Bertz CT molecular complexity index is 2410. The van der Waals surface area contributed by atoms with Crippen LogP contribution >= 0.6 is 0 Å². The molecule has 1 aromatic heterocycles. The molecule has 0 N–H and O–H groups in total. The lowest BCUT2D eigenvalue weighted by atomic mass is 9.81. The molecule has 48 heavy (non-hydrogen) atoms. The molecule has 9 rings (SSSR count). The zero-order chi connectivity index (χ0) is 31.9. The standard InChI is InChI=1S/C46H35NO/c1-3-11-32(12-4-1)33-19-21-34(22-20-33)35-23-26-40(27-24-35)47(39-15-5-2-6-16-39)44-18-10-9-17-41(44)38-25-28-45-42(30-38)43-29-36-13-7-8-14-37(36)31-46(43)48-45/h1-11,13-19,21-33H,12,20H2. The van der Waals surface area contributed by atoms with Crippen LogP contribution in [-0.2, 0) is 0 Å². The molecule has 0 spiro atoms. The Kier molecular flexibility index (Phi) is 7.13. The van der Waals surface area contributed by atoms with E-state index < -0.39 is 0 Å². The zero-order valence-electron chi connectivity index (χ0n) is 26.7. The molecule has 0 amide bonds. The van der Waals surface area contributed by atoms with Crippen molar-refractivity contribution in [1.82, 2.24) is 0 Å². The summed E-state index contributed by atoms with van der Waals surface area (Å²) in [5.74, 6) is 1.16. The Morgan fingerprint density at radius 3 is 2.04 bits per heavy atom. The summed E-state index contributed by atoms with van der Waals surface area (Å²) in [7, 11) is 0. The smallest absolute Gasteiger partial charge is 0.136 e. The largest absolute Gasteiger partial charge is 0.456 e. The second-order valence-electron chi connectivity index (χ2n) is 12.9. The fraction of sp³-hybridized carbons (Fsp3) is 0.0870. The van der Waals surface area contributed by atoms with Crippen molar-refractivity contribution in [1.29, 1.82) is 0 Å². The highest BCUT2D eigenvalue weighted by atomic mass is 16.3. The van der Waals surface area contributed by atoms with Crippen LogP contribution in [0.15, 0.2) is 180 Å². The average molecular weight is 618 g/mol. The topological polar surface area (TPSA) is 16.4 Å². The second kappa shape index (κ2) is 12.1. The fourth-order valence-electron chi connectivity index (χ4n) is 7.44. The minimum Gasteiger partial charge on any atom is -0.456 e. The van der Waals surface area contributed by atoms with Crippen molar-refractivity contribution in [2.45, 2.75) is 12.8 Å². The van der Waals surface area contributed by atoms with Gasteiger partial charge < -0.3 is 9.32 Å². The molecule has 0 bridgehead atoms. The van der Waals surface area contributed by atoms with Crippen molar-refractivity contribution in [2.75, 3.05) is 4.90 Å². The molecule has 2 aliphatic rings. The first-order valence-corrected chi connectivity index (χ1v) is 16.9. The molecule has 2 heteroatoms. The summed E-state index contributed by atoms with van der Waals surface area (Å²) in [6.45, 7) is 0. The van der Waals surface area contributed by atoms with Gasteiger partial charge in [-0.1, -0.05) is 121 Å². The van der Waals surface area contributed by atoms with Crippen molar-refractivity contribution in [3.8, 4) is 11.1 Å². The minimum absolute atomic E-state index is 0.568. The van der Waals surface area contributed by atoms with Crippen molar-refractivity contribution < 1.29 is 4.42 Å². The maximum atomic E-state index is 6.34. The molecule has 6 aromatic carbocycles. The van der Waals surface area contributed by atoms with E-state index in [0.29, 0.717) is 11.8 Å². The molecule has 0 radical (unpaired) electrons. The molecule has 0 fully saturated rings. The highest BCUT2D eigenvalue weighted by molar-refractivity contribution is 6.11. The van der Waals surface area contributed by atoms with E-state index in [9.17, 15) is 0 Å². The van der Waals surface area contributed by atoms with Gasteiger partial charge in [-0.25, -0.2) is 0 Å². The molecular formula is C46H35NO. The lowest BCUT2D eigenvalue weighted by Gasteiger charge is -2.28. The monoisotopic (exact) mass is 617 g/mol. The van der Waals surface area contributed by atoms with Crippen LogP contribution in [0, 0.1) is 11.8 Å². The number of para-hydroxylation sites is 2. The Balaban J connectivity index is 1.09. The minimum atomic E-state index is 0.568. The predicted octanol–water partition coefficient (Wildman–Crippen LogP) is 13.0. The number of hydrogen-bond donors (Lipinski definition) is 0. The van der Waals surface area contributed by atoms with Gasteiger partial charge in [0.25, 0.3) is 0 Å². The molecule has 2 atom stereocenters. The lowest BCUT2D eigenvalue weighted by molar-refractivity contribution is 0.478. The van der Waals surface area contributed by atoms with Gasteiger partial charge in [-0.05, 0) is 107 Å². The zero-order valence-corrected chi connectivity index (χ0v) is 26.7. The van der Waals surface area contributed by atoms with Crippen LogP contribution in [-0.4, -0.2) is 0 Å². The number of nitrogens with zero attached hydrogens (tertiary/aromatic N) is 1. The molecule has 0 saturated heterocycles. The molecular weight excluding hydrogens is 583 g/mol. The molecule has 2 unspecified atom stereocenters. The quantitative estimate of drug-likeness (QED) is 0.185. The van der Waals surface area contributed by atoms with E-state index in [4.69, 9.17) is 4.42 Å². The summed E-state index contributed by atoms with van der Waals surface area (Å²) < 4.78 is 6.34. The number of benzene rings is 6. The number of furan rings is 1. The van der Waals surface area contributed by atoms with E-state index in [2.05, 4.69) is 181 Å². The average Bonchev–Trinajstić information content (AvgIpc) is 3.52. The first-order chi connectivity index (χ1) is 23.8. The molecule has 230 valence electrons. The summed E-state index contributed by atoms with van der Waals surface area (Å²) in [5, 5.41) is 4.68. The number of rotatable bonds is 6. The Morgan fingerprint density at radius 2 is 1.25 bits per heavy atom. The first-order valence-electron chi connectivity index (χ1n) is 16.9. The highest BCUT2D eigenvalue weighted by Gasteiger charge is 2.20. The summed E-state index contributed by atoms with van der Waals surface area (Å²) in [4.78, 5) is 2.37. The van der Waals surface area contributed by atoms with Gasteiger partial charge in [-0.15, -0.1) is 0 Å². The molecule has 0 saturated carbocycles. The Hall–Kier alpha value is -5.86.